The second-order valence-corrected chi connectivity index (χ2v) is 6.20. The standard InChI is InChI=1S/C18H27N3O5/c1-20(8-9-22)17(23)11-15-18(24)19-6-7-21(15)12-13-4-5-14(25-2)10-16(13)26-3/h4-5,10,15,22H,6-9,11-12H2,1-3H3,(H,19,24)/t15-/m0/s1. The number of carbonyl (C=O) groups excluding carboxylic acids is 2. The Kier molecular flexibility index (Phi) is 7.23. The van der Waals surface area contributed by atoms with Gasteiger partial charge in [0, 0.05) is 44.9 Å². The lowest BCUT2D eigenvalue weighted by atomic mass is 10.1. The number of likely N-dealkylation sites (N-methyl/N-ethyl adjacent to an activating group) is 1. The van der Waals surface area contributed by atoms with Gasteiger partial charge in [0.1, 0.15) is 11.5 Å². The van der Waals surface area contributed by atoms with Gasteiger partial charge in [0.2, 0.25) is 11.8 Å². The van der Waals surface area contributed by atoms with Crippen LogP contribution in [0.2, 0.25) is 0 Å². The van der Waals surface area contributed by atoms with E-state index in [-0.39, 0.29) is 31.4 Å². The predicted octanol–water partition coefficient (Wildman–Crippen LogP) is -0.155. The van der Waals surface area contributed by atoms with E-state index in [1.807, 2.05) is 17.0 Å². The third-order valence-electron chi connectivity index (χ3n) is 4.54. The number of carbonyl (C=O) groups is 2. The van der Waals surface area contributed by atoms with Crippen LogP contribution in [0.3, 0.4) is 0 Å². The fraction of sp³-hybridized carbons (Fsp3) is 0.556. The van der Waals surface area contributed by atoms with E-state index < -0.39 is 6.04 Å². The summed E-state index contributed by atoms with van der Waals surface area (Å²) in [6.45, 7) is 1.81. The largest absolute Gasteiger partial charge is 0.497 e. The van der Waals surface area contributed by atoms with Crippen molar-refractivity contribution in [2.75, 3.05) is 47.5 Å². The number of ether oxygens (including phenoxy) is 2. The molecule has 1 heterocycles. The Morgan fingerprint density at radius 3 is 2.81 bits per heavy atom. The smallest absolute Gasteiger partial charge is 0.237 e. The van der Waals surface area contributed by atoms with Crippen LogP contribution in [0.15, 0.2) is 18.2 Å². The molecular weight excluding hydrogens is 338 g/mol. The first-order chi connectivity index (χ1) is 12.5. The molecule has 0 bridgehead atoms. The van der Waals surface area contributed by atoms with Gasteiger partial charge in [-0.05, 0) is 6.07 Å². The summed E-state index contributed by atoms with van der Waals surface area (Å²) in [6.07, 6.45) is 0.0702. The number of methoxy groups -OCH3 is 2. The number of hydrogen-bond acceptors (Lipinski definition) is 6. The maximum absolute atomic E-state index is 12.3. The number of aliphatic hydroxyl groups excluding tert-OH is 1. The van der Waals surface area contributed by atoms with Crippen LogP contribution in [-0.4, -0.2) is 80.3 Å². The molecule has 1 aromatic rings. The highest BCUT2D eigenvalue weighted by molar-refractivity contribution is 5.88. The van der Waals surface area contributed by atoms with Crippen molar-refractivity contribution in [2.45, 2.75) is 19.0 Å². The van der Waals surface area contributed by atoms with Crippen LogP contribution < -0.4 is 14.8 Å². The molecule has 1 fully saturated rings. The first-order valence-electron chi connectivity index (χ1n) is 8.57. The number of benzene rings is 1. The first-order valence-corrected chi connectivity index (χ1v) is 8.57. The zero-order valence-corrected chi connectivity index (χ0v) is 15.5. The Morgan fingerprint density at radius 1 is 1.38 bits per heavy atom. The van der Waals surface area contributed by atoms with E-state index in [1.54, 1.807) is 27.3 Å². The molecule has 26 heavy (non-hydrogen) atoms. The first kappa shape index (κ1) is 20.0. The lowest BCUT2D eigenvalue weighted by Crippen LogP contribution is -2.56. The topological polar surface area (TPSA) is 91.3 Å². The molecule has 2 N–H and O–H groups in total. The average molecular weight is 365 g/mol. The molecule has 1 aromatic carbocycles. The van der Waals surface area contributed by atoms with E-state index in [0.717, 1.165) is 5.56 Å². The second kappa shape index (κ2) is 9.40. The van der Waals surface area contributed by atoms with E-state index in [9.17, 15) is 9.59 Å². The van der Waals surface area contributed by atoms with Gasteiger partial charge in [0.25, 0.3) is 0 Å². The van der Waals surface area contributed by atoms with E-state index in [0.29, 0.717) is 31.1 Å². The summed E-state index contributed by atoms with van der Waals surface area (Å²) in [6, 6.07) is 5.00. The van der Waals surface area contributed by atoms with Crippen LogP contribution in [0.4, 0.5) is 0 Å². The summed E-state index contributed by atoms with van der Waals surface area (Å²) in [5.74, 6) is 1.04. The van der Waals surface area contributed by atoms with Crippen molar-refractivity contribution in [1.82, 2.24) is 15.1 Å². The molecule has 1 aliphatic rings. The molecule has 8 heteroatoms. The number of amides is 2. The molecule has 0 aromatic heterocycles. The maximum atomic E-state index is 12.3. The van der Waals surface area contributed by atoms with Gasteiger partial charge in [0.15, 0.2) is 0 Å². The minimum Gasteiger partial charge on any atom is -0.497 e. The lowest BCUT2D eigenvalue weighted by molar-refractivity contribution is -0.138. The van der Waals surface area contributed by atoms with E-state index >= 15 is 0 Å². The van der Waals surface area contributed by atoms with Gasteiger partial charge >= 0.3 is 0 Å². The molecule has 8 nitrogen and oxygen atoms in total. The molecule has 0 unspecified atom stereocenters. The molecule has 2 amide bonds. The Balaban J connectivity index is 2.15. The van der Waals surface area contributed by atoms with Gasteiger partial charge in [-0.3, -0.25) is 14.5 Å². The van der Waals surface area contributed by atoms with Crippen molar-refractivity contribution in [1.29, 1.82) is 0 Å². The summed E-state index contributed by atoms with van der Waals surface area (Å²) < 4.78 is 10.6. The Morgan fingerprint density at radius 2 is 2.15 bits per heavy atom. The highest BCUT2D eigenvalue weighted by Gasteiger charge is 2.32. The summed E-state index contributed by atoms with van der Waals surface area (Å²) in [5.41, 5.74) is 0.921. The second-order valence-electron chi connectivity index (χ2n) is 6.20. The highest BCUT2D eigenvalue weighted by Crippen LogP contribution is 2.27. The van der Waals surface area contributed by atoms with Crippen molar-refractivity contribution >= 4 is 11.8 Å². The van der Waals surface area contributed by atoms with Crippen molar-refractivity contribution in [3.63, 3.8) is 0 Å². The van der Waals surface area contributed by atoms with Gasteiger partial charge in [0.05, 0.1) is 33.3 Å². The zero-order valence-electron chi connectivity index (χ0n) is 15.5. The minimum atomic E-state index is -0.552. The van der Waals surface area contributed by atoms with Crippen LogP contribution >= 0.6 is 0 Å². The zero-order chi connectivity index (χ0) is 19.1. The average Bonchev–Trinajstić information content (AvgIpc) is 2.64. The number of hydrogen-bond donors (Lipinski definition) is 2. The Hall–Kier alpha value is -2.32. The number of aliphatic hydroxyl groups is 1. The summed E-state index contributed by atoms with van der Waals surface area (Å²) in [4.78, 5) is 28.1. The van der Waals surface area contributed by atoms with Crippen molar-refractivity contribution < 1.29 is 24.2 Å². The number of piperazine rings is 1. The maximum Gasteiger partial charge on any atom is 0.237 e. The Bertz CT molecular complexity index is 637. The fourth-order valence-corrected chi connectivity index (χ4v) is 2.97. The quantitative estimate of drug-likeness (QED) is 0.666. The number of nitrogens with one attached hydrogen (secondary N) is 1. The van der Waals surface area contributed by atoms with Crippen molar-refractivity contribution in [3.8, 4) is 11.5 Å². The fourth-order valence-electron chi connectivity index (χ4n) is 2.97. The van der Waals surface area contributed by atoms with Crippen molar-refractivity contribution in [2.24, 2.45) is 0 Å². The minimum absolute atomic E-state index is 0.0702. The molecule has 1 aliphatic heterocycles. The van der Waals surface area contributed by atoms with Crippen molar-refractivity contribution in [3.05, 3.63) is 23.8 Å². The number of rotatable bonds is 8. The number of nitrogens with zero attached hydrogens (tertiary/aromatic N) is 2. The van der Waals surface area contributed by atoms with Gasteiger partial charge in [-0.2, -0.15) is 0 Å². The molecule has 2 rings (SSSR count). The molecule has 0 aliphatic carbocycles. The third-order valence-corrected chi connectivity index (χ3v) is 4.54. The summed E-state index contributed by atoms with van der Waals surface area (Å²) in [7, 11) is 4.80. The molecule has 1 atom stereocenters. The van der Waals surface area contributed by atoms with Crippen LogP contribution in [-0.2, 0) is 16.1 Å². The van der Waals surface area contributed by atoms with Crippen LogP contribution in [0, 0.1) is 0 Å². The molecule has 0 spiro atoms. The molecule has 0 radical (unpaired) electrons. The van der Waals surface area contributed by atoms with Crippen LogP contribution in [0.1, 0.15) is 12.0 Å². The van der Waals surface area contributed by atoms with Crippen LogP contribution in [0.5, 0.6) is 11.5 Å². The molecular formula is C18H27N3O5. The van der Waals surface area contributed by atoms with E-state index in [1.165, 1.54) is 4.90 Å². The predicted molar refractivity (Wildman–Crippen MR) is 96.1 cm³/mol. The van der Waals surface area contributed by atoms with E-state index in [4.69, 9.17) is 14.6 Å². The van der Waals surface area contributed by atoms with Gasteiger partial charge in [-0.25, -0.2) is 0 Å². The van der Waals surface area contributed by atoms with Gasteiger partial charge in [-0.1, -0.05) is 6.07 Å². The Labute approximate surface area is 153 Å². The van der Waals surface area contributed by atoms with E-state index in [2.05, 4.69) is 5.32 Å². The van der Waals surface area contributed by atoms with Gasteiger partial charge < -0.3 is 24.8 Å². The van der Waals surface area contributed by atoms with Gasteiger partial charge in [-0.15, -0.1) is 0 Å². The monoisotopic (exact) mass is 365 g/mol. The summed E-state index contributed by atoms with van der Waals surface area (Å²) in [5, 5.41) is 11.8. The normalized spacial score (nSPS) is 17.5. The summed E-state index contributed by atoms with van der Waals surface area (Å²) >= 11 is 0. The van der Waals surface area contributed by atoms with Crippen LogP contribution in [0.25, 0.3) is 0 Å². The molecule has 1 saturated heterocycles. The SMILES string of the molecule is COc1ccc(CN2CCNC(=O)[C@@H]2CC(=O)N(C)CCO)c(OC)c1. The highest BCUT2D eigenvalue weighted by atomic mass is 16.5. The third kappa shape index (κ3) is 4.86. The molecule has 144 valence electrons. The molecule has 0 saturated carbocycles. The lowest BCUT2D eigenvalue weighted by Gasteiger charge is -2.35.